The van der Waals surface area contributed by atoms with E-state index < -0.39 is 0 Å². The summed E-state index contributed by atoms with van der Waals surface area (Å²) in [5, 5.41) is 11.7. The molecule has 4 N–H and O–H groups in total. The van der Waals surface area contributed by atoms with Gasteiger partial charge in [-0.15, -0.1) is 0 Å². The summed E-state index contributed by atoms with van der Waals surface area (Å²) in [4.78, 5) is 11.9. The predicted molar refractivity (Wildman–Crippen MR) is 80.4 cm³/mol. The molecule has 1 amide bonds. The van der Waals surface area contributed by atoms with Gasteiger partial charge in [0, 0.05) is 18.0 Å². The van der Waals surface area contributed by atoms with Crippen LogP contribution < -0.4 is 11.1 Å². The number of benzene rings is 2. The largest absolute Gasteiger partial charge is 0.398 e. The molecule has 0 aliphatic carbocycles. The smallest absolute Gasteiger partial charge is 0.228 e. The van der Waals surface area contributed by atoms with Crippen LogP contribution in [0.1, 0.15) is 11.1 Å². The zero-order valence-corrected chi connectivity index (χ0v) is 11.2. The van der Waals surface area contributed by atoms with Gasteiger partial charge in [0.05, 0.1) is 6.42 Å². The van der Waals surface area contributed by atoms with Crippen LogP contribution in [0.4, 0.5) is 11.4 Å². The van der Waals surface area contributed by atoms with Gasteiger partial charge in [-0.2, -0.15) is 0 Å². The molecule has 0 unspecified atom stereocenters. The monoisotopic (exact) mass is 270 g/mol. The number of carbonyl (C=O) groups is 1. The topological polar surface area (TPSA) is 75.4 Å². The fourth-order valence-corrected chi connectivity index (χ4v) is 1.96. The van der Waals surface area contributed by atoms with Gasteiger partial charge in [0.2, 0.25) is 5.91 Å². The van der Waals surface area contributed by atoms with Gasteiger partial charge in [-0.05, 0) is 35.7 Å². The summed E-state index contributed by atoms with van der Waals surface area (Å²) < 4.78 is 0. The maximum absolute atomic E-state index is 11.9. The predicted octanol–water partition coefficient (Wildman–Crippen LogP) is 1.98. The molecule has 4 nitrogen and oxygen atoms in total. The van der Waals surface area contributed by atoms with Crippen molar-refractivity contribution in [2.45, 2.75) is 12.8 Å². The second kappa shape index (κ2) is 6.73. The zero-order chi connectivity index (χ0) is 14.4. The molecule has 0 aromatic heterocycles. The Hall–Kier alpha value is -2.33. The number of para-hydroxylation sites is 1. The lowest BCUT2D eigenvalue weighted by atomic mass is 10.1. The molecule has 0 aliphatic heterocycles. The van der Waals surface area contributed by atoms with Gasteiger partial charge in [-0.25, -0.2) is 0 Å². The maximum atomic E-state index is 11.9. The van der Waals surface area contributed by atoms with Crippen molar-refractivity contribution in [3.8, 4) is 0 Å². The molecular weight excluding hydrogens is 252 g/mol. The fraction of sp³-hybridized carbons (Fsp3) is 0.188. The minimum Gasteiger partial charge on any atom is -0.398 e. The Labute approximate surface area is 118 Å². The molecule has 20 heavy (non-hydrogen) atoms. The molecule has 0 bridgehead atoms. The van der Waals surface area contributed by atoms with Crippen LogP contribution >= 0.6 is 0 Å². The Morgan fingerprint density at radius 1 is 1.10 bits per heavy atom. The molecule has 0 spiro atoms. The molecule has 2 aromatic rings. The molecule has 4 heteroatoms. The van der Waals surface area contributed by atoms with E-state index >= 15 is 0 Å². The van der Waals surface area contributed by atoms with E-state index in [1.807, 2.05) is 42.5 Å². The van der Waals surface area contributed by atoms with Crippen molar-refractivity contribution < 1.29 is 9.90 Å². The summed E-state index contributed by atoms with van der Waals surface area (Å²) in [6.45, 7) is 0.124. The molecule has 2 aromatic carbocycles. The van der Waals surface area contributed by atoms with Crippen molar-refractivity contribution in [1.29, 1.82) is 0 Å². The van der Waals surface area contributed by atoms with E-state index in [1.165, 1.54) is 0 Å². The van der Waals surface area contributed by atoms with Crippen LogP contribution in [-0.4, -0.2) is 17.6 Å². The number of anilines is 2. The second-order valence-corrected chi connectivity index (χ2v) is 4.59. The number of hydrogen-bond donors (Lipinski definition) is 3. The van der Waals surface area contributed by atoms with Crippen LogP contribution in [0.5, 0.6) is 0 Å². The molecule has 0 saturated carbocycles. The third-order valence-corrected chi connectivity index (χ3v) is 3.04. The lowest BCUT2D eigenvalue weighted by Crippen LogP contribution is -2.15. The molecule has 0 atom stereocenters. The zero-order valence-electron chi connectivity index (χ0n) is 11.2. The second-order valence-electron chi connectivity index (χ2n) is 4.59. The first-order valence-corrected chi connectivity index (χ1v) is 6.52. The number of nitrogen functional groups attached to an aromatic ring is 1. The summed E-state index contributed by atoms with van der Waals surface area (Å²) in [5.41, 5.74) is 9.04. The standard InChI is InChI=1S/C16H18N2O2/c17-15-4-2-1-3-13(15)11-16(20)18-14-7-5-12(6-8-14)9-10-19/h1-8,19H,9-11,17H2,(H,18,20). The molecular formula is C16H18N2O2. The Bertz CT molecular complexity index is 579. The van der Waals surface area contributed by atoms with Gasteiger partial charge in [-0.1, -0.05) is 30.3 Å². The Balaban J connectivity index is 1.96. The molecule has 0 radical (unpaired) electrons. The van der Waals surface area contributed by atoms with E-state index in [9.17, 15) is 4.79 Å². The number of aliphatic hydroxyl groups is 1. The Morgan fingerprint density at radius 3 is 2.45 bits per heavy atom. The third kappa shape index (κ3) is 3.83. The third-order valence-electron chi connectivity index (χ3n) is 3.04. The summed E-state index contributed by atoms with van der Waals surface area (Å²) in [7, 11) is 0. The quantitative estimate of drug-likeness (QED) is 0.727. The van der Waals surface area contributed by atoms with Gasteiger partial charge >= 0.3 is 0 Å². The normalized spacial score (nSPS) is 10.2. The summed E-state index contributed by atoms with van der Waals surface area (Å²) in [6.07, 6.45) is 0.875. The lowest BCUT2D eigenvalue weighted by molar-refractivity contribution is -0.115. The van der Waals surface area contributed by atoms with Crippen LogP contribution in [0.3, 0.4) is 0 Å². The van der Waals surface area contributed by atoms with Gasteiger partial charge in [-0.3, -0.25) is 4.79 Å². The van der Waals surface area contributed by atoms with Crippen molar-refractivity contribution in [2.75, 3.05) is 17.7 Å². The number of hydrogen-bond acceptors (Lipinski definition) is 3. The number of carbonyl (C=O) groups excluding carboxylic acids is 1. The van der Waals surface area contributed by atoms with E-state index in [0.29, 0.717) is 12.1 Å². The minimum atomic E-state index is -0.0993. The van der Waals surface area contributed by atoms with Crippen molar-refractivity contribution in [1.82, 2.24) is 0 Å². The number of amides is 1. The van der Waals surface area contributed by atoms with E-state index in [0.717, 1.165) is 16.8 Å². The first kappa shape index (κ1) is 14.1. The lowest BCUT2D eigenvalue weighted by Gasteiger charge is -2.08. The van der Waals surface area contributed by atoms with Gasteiger partial charge in [0.15, 0.2) is 0 Å². The number of rotatable bonds is 5. The van der Waals surface area contributed by atoms with Gasteiger partial charge in [0.25, 0.3) is 0 Å². The number of nitrogens with two attached hydrogens (primary N) is 1. The maximum Gasteiger partial charge on any atom is 0.228 e. The highest BCUT2D eigenvalue weighted by molar-refractivity contribution is 5.92. The van der Waals surface area contributed by atoms with Crippen molar-refractivity contribution in [3.63, 3.8) is 0 Å². The number of nitrogens with one attached hydrogen (secondary N) is 1. The molecule has 0 saturated heterocycles. The van der Waals surface area contributed by atoms with Crippen LogP contribution in [0.25, 0.3) is 0 Å². The van der Waals surface area contributed by atoms with E-state index in [4.69, 9.17) is 10.8 Å². The van der Waals surface area contributed by atoms with Crippen LogP contribution in [0, 0.1) is 0 Å². The average molecular weight is 270 g/mol. The van der Waals surface area contributed by atoms with Crippen LogP contribution in [-0.2, 0) is 17.6 Å². The average Bonchev–Trinajstić information content (AvgIpc) is 2.44. The van der Waals surface area contributed by atoms with Gasteiger partial charge in [0.1, 0.15) is 0 Å². The first-order valence-electron chi connectivity index (χ1n) is 6.52. The van der Waals surface area contributed by atoms with Crippen molar-refractivity contribution >= 4 is 17.3 Å². The van der Waals surface area contributed by atoms with Crippen molar-refractivity contribution in [2.24, 2.45) is 0 Å². The van der Waals surface area contributed by atoms with Gasteiger partial charge < -0.3 is 16.2 Å². The SMILES string of the molecule is Nc1ccccc1CC(=O)Nc1ccc(CCO)cc1. The molecule has 0 heterocycles. The van der Waals surface area contributed by atoms with E-state index in [-0.39, 0.29) is 18.9 Å². The summed E-state index contributed by atoms with van der Waals surface area (Å²) in [6, 6.07) is 14.8. The fourth-order valence-electron chi connectivity index (χ4n) is 1.96. The minimum absolute atomic E-state index is 0.0993. The highest BCUT2D eigenvalue weighted by atomic mass is 16.2. The highest BCUT2D eigenvalue weighted by Crippen LogP contribution is 2.14. The first-order chi connectivity index (χ1) is 9.69. The van der Waals surface area contributed by atoms with Crippen molar-refractivity contribution in [3.05, 3.63) is 59.7 Å². The summed E-state index contributed by atoms with van der Waals surface area (Å²) >= 11 is 0. The van der Waals surface area contributed by atoms with E-state index in [2.05, 4.69) is 5.32 Å². The molecule has 0 aliphatic rings. The Morgan fingerprint density at radius 2 is 1.80 bits per heavy atom. The molecule has 2 rings (SSSR count). The highest BCUT2D eigenvalue weighted by Gasteiger charge is 2.06. The molecule has 104 valence electrons. The molecule has 0 fully saturated rings. The number of aliphatic hydroxyl groups excluding tert-OH is 1. The Kier molecular flexibility index (Phi) is 4.74. The van der Waals surface area contributed by atoms with E-state index in [1.54, 1.807) is 6.07 Å². The van der Waals surface area contributed by atoms with Crippen LogP contribution in [0.15, 0.2) is 48.5 Å². The van der Waals surface area contributed by atoms with Crippen LogP contribution in [0.2, 0.25) is 0 Å². The summed E-state index contributed by atoms with van der Waals surface area (Å²) in [5.74, 6) is -0.0993.